The molecule has 14 aromatic rings. The van der Waals surface area contributed by atoms with Gasteiger partial charge in [0.1, 0.15) is 0 Å². The molecule has 0 N–H and O–H groups in total. The monoisotopic (exact) mass is 1020 g/mol. The Morgan fingerprint density at radius 2 is 0.653 bits per heavy atom. The standard InChI is InChI=1S/C69H47GeN5/c1-6-23-48(24-7-1)67-71-68(49-25-8-2-9-26-49)73-69(72-67)61-46-51(50-27-22-34-55(45-50)70(52-28-10-3-11-29-52,53-30-12-4-13-31-53)54-32-14-5-15-33-54)41-44-65(61)75-64-40-21-18-37-59(64)60-43-42-56(47-66(60)75)74-62-38-19-16-35-57(62)58-36-17-20-39-63(58)74/h1-47H. The van der Waals surface area contributed by atoms with E-state index in [9.17, 15) is 0 Å². The summed E-state index contributed by atoms with van der Waals surface area (Å²) in [6, 6.07) is 103. The quantitative estimate of drug-likeness (QED) is 0.128. The first-order valence-corrected chi connectivity index (χ1v) is 29.7. The molecule has 352 valence electrons. The zero-order valence-electron chi connectivity index (χ0n) is 40.9. The molecule has 0 saturated heterocycles. The Labute approximate surface area is 437 Å². The predicted octanol–water partition coefficient (Wildman–Crippen LogP) is 14.1. The van der Waals surface area contributed by atoms with Crippen LogP contribution in [0.2, 0.25) is 0 Å². The van der Waals surface area contributed by atoms with E-state index in [-0.39, 0.29) is 0 Å². The van der Waals surface area contributed by atoms with Crippen molar-refractivity contribution in [3.05, 3.63) is 285 Å². The zero-order valence-corrected chi connectivity index (χ0v) is 43.0. The van der Waals surface area contributed by atoms with E-state index < -0.39 is 13.3 Å². The third-order valence-electron chi connectivity index (χ3n) is 14.9. The van der Waals surface area contributed by atoms with Crippen molar-refractivity contribution >= 4 is 74.5 Å². The first-order chi connectivity index (χ1) is 37.2. The van der Waals surface area contributed by atoms with Crippen LogP contribution in [0.25, 0.3) is 100 Å². The Morgan fingerprint density at radius 3 is 1.17 bits per heavy atom. The Kier molecular flexibility index (Phi) is 11.0. The van der Waals surface area contributed by atoms with Crippen LogP contribution in [0.15, 0.2) is 285 Å². The van der Waals surface area contributed by atoms with E-state index in [1.165, 1.54) is 44.8 Å². The van der Waals surface area contributed by atoms with Gasteiger partial charge in [-0.25, -0.2) is 0 Å². The molecule has 5 nitrogen and oxygen atoms in total. The minimum absolute atomic E-state index is 0.588. The molecule has 6 heteroatoms. The summed E-state index contributed by atoms with van der Waals surface area (Å²) in [7, 11) is 0. The summed E-state index contributed by atoms with van der Waals surface area (Å²) in [6.45, 7) is 0. The Morgan fingerprint density at radius 1 is 0.253 bits per heavy atom. The molecule has 3 aromatic heterocycles. The number of fused-ring (bicyclic) bond motifs is 6. The summed E-state index contributed by atoms with van der Waals surface area (Å²) in [6.07, 6.45) is 0. The van der Waals surface area contributed by atoms with Gasteiger partial charge in [0.05, 0.1) is 11.0 Å². The number of benzene rings is 11. The Balaban J connectivity index is 1.05. The van der Waals surface area contributed by atoms with Crippen LogP contribution in [0.3, 0.4) is 0 Å². The van der Waals surface area contributed by atoms with Crippen LogP contribution < -0.4 is 17.6 Å². The summed E-state index contributed by atoms with van der Waals surface area (Å²) in [5.41, 5.74) is 11.5. The van der Waals surface area contributed by atoms with Crippen molar-refractivity contribution in [2.75, 3.05) is 0 Å². The summed E-state index contributed by atoms with van der Waals surface area (Å²) >= 11 is -3.63. The second-order valence-electron chi connectivity index (χ2n) is 19.1. The Hall–Kier alpha value is -9.43. The fourth-order valence-electron chi connectivity index (χ4n) is 11.6. The van der Waals surface area contributed by atoms with E-state index in [0.29, 0.717) is 17.5 Å². The van der Waals surface area contributed by atoms with Gasteiger partial charge in [-0.2, -0.15) is 0 Å². The Bertz CT molecular complexity index is 4190. The van der Waals surface area contributed by atoms with Gasteiger partial charge < -0.3 is 0 Å². The van der Waals surface area contributed by atoms with Crippen molar-refractivity contribution in [3.63, 3.8) is 0 Å². The third kappa shape index (κ3) is 7.50. The first kappa shape index (κ1) is 44.3. The number of rotatable bonds is 10. The van der Waals surface area contributed by atoms with Gasteiger partial charge in [0.25, 0.3) is 0 Å². The molecule has 0 aliphatic heterocycles. The molecule has 11 aromatic carbocycles. The predicted molar refractivity (Wildman–Crippen MR) is 314 cm³/mol. The molecule has 0 amide bonds. The van der Waals surface area contributed by atoms with Gasteiger partial charge in [-0.15, -0.1) is 0 Å². The number of hydrogen-bond acceptors (Lipinski definition) is 3. The topological polar surface area (TPSA) is 48.5 Å². The van der Waals surface area contributed by atoms with Gasteiger partial charge in [0.2, 0.25) is 0 Å². The number of para-hydroxylation sites is 3. The van der Waals surface area contributed by atoms with E-state index in [4.69, 9.17) is 15.0 Å². The fourth-order valence-corrected chi connectivity index (χ4v) is 21.6. The van der Waals surface area contributed by atoms with Crippen LogP contribution in [0.4, 0.5) is 0 Å². The summed E-state index contributed by atoms with van der Waals surface area (Å²) in [5, 5.41) is 4.78. The molecular weight excluding hydrogens is 971 g/mol. The van der Waals surface area contributed by atoms with Gasteiger partial charge in [-0.05, 0) is 12.1 Å². The van der Waals surface area contributed by atoms with Crippen molar-refractivity contribution in [2.45, 2.75) is 0 Å². The molecule has 3 heterocycles. The van der Waals surface area contributed by atoms with E-state index >= 15 is 0 Å². The second kappa shape index (κ2) is 18.6. The van der Waals surface area contributed by atoms with Crippen LogP contribution in [0.5, 0.6) is 0 Å². The van der Waals surface area contributed by atoms with Crippen molar-refractivity contribution < 1.29 is 0 Å². The van der Waals surface area contributed by atoms with Crippen LogP contribution in [-0.2, 0) is 0 Å². The molecular formula is C69H47GeN5. The summed E-state index contributed by atoms with van der Waals surface area (Å²) < 4.78 is 10.3. The van der Waals surface area contributed by atoms with Crippen molar-refractivity contribution in [1.29, 1.82) is 0 Å². The third-order valence-corrected chi connectivity index (χ3v) is 24.9. The maximum atomic E-state index is 5.44. The van der Waals surface area contributed by atoms with E-state index in [2.05, 4.69) is 258 Å². The van der Waals surface area contributed by atoms with E-state index in [1.54, 1.807) is 0 Å². The van der Waals surface area contributed by atoms with Crippen LogP contribution >= 0.6 is 0 Å². The fraction of sp³-hybridized carbons (Fsp3) is 0. The molecule has 0 aliphatic carbocycles. The van der Waals surface area contributed by atoms with Crippen molar-refractivity contribution in [1.82, 2.24) is 24.1 Å². The minimum atomic E-state index is -3.63. The molecule has 0 unspecified atom stereocenters. The maximum absolute atomic E-state index is 5.44. The molecule has 14 rings (SSSR count). The average Bonchev–Trinajstić information content (AvgIpc) is 4.04. The molecule has 0 atom stereocenters. The zero-order chi connectivity index (χ0) is 49.7. The number of nitrogens with zero attached hydrogens (tertiary/aromatic N) is 5. The molecule has 0 fully saturated rings. The van der Waals surface area contributed by atoms with Crippen LogP contribution in [-0.4, -0.2) is 37.4 Å². The summed E-state index contributed by atoms with van der Waals surface area (Å²) in [4.78, 5) is 16.0. The van der Waals surface area contributed by atoms with Crippen LogP contribution in [0, 0.1) is 0 Å². The average molecular weight is 1020 g/mol. The van der Waals surface area contributed by atoms with Crippen molar-refractivity contribution in [3.8, 4) is 56.7 Å². The SMILES string of the molecule is c1ccc(-c2nc(-c3ccccc3)nc(-c3cc(-c4ccc[c]([Ge]([c]5ccccc5)([c]5ccccc5)[c]5ccccc5)c4)ccc3-n3c4ccccc4c4ccc(-n5c6ccccc6c6ccccc65)cc43)n2)cc1. The molecule has 0 aliphatic rings. The number of hydrogen-bond donors (Lipinski definition) is 0. The van der Waals surface area contributed by atoms with E-state index in [0.717, 1.165) is 55.6 Å². The molecule has 0 bridgehead atoms. The number of aromatic nitrogens is 5. The van der Waals surface area contributed by atoms with Gasteiger partial charge in [-0.3, -0.25) is 0 Å². The molecule has 0 saturated carbocycles. The first-order valence-electron chi connectivity index (χ1n) is 25.5. The molecule has 0 radical (unpaired) electrons. The molecule has 75 heavy (non-hydrogen) atoms. The second-order valence-corrected chi connectivity index (χ2v) is 27.1. The van der Waals surface area contributed by atoms with Gasteiger partial charge in [0.15, 0.2) is 0 Å². The van der Waals surface area contributed by atoms with Gasteiger partial charge in [0, 0.05) is 10.8 Å². The van der Waals surface area contributed by atoms with Gasteiger partial charge in [-0.1, -0.05) is 48.5 Å². The van der Waals surface area contributed by atoms with Gasteiger partial charge >= 0.3 is 358 Å². The van der Waals surface area contributed by atoms with Crippen LogP contribution in [0.1, 0.15) is 0 Å². The van der Waals surface area contributed by atoms with E-state index in [1.807, 2.05) is 36.4 Å². The summed E-state index contributed by atoms with van der Waals surface area (Å²) in [5.74, 6) is 1.81. The normalized spacial score (nSPS) is 11.7. The van der Waals surface area contributed by atoms with Crippen molar-refractivity contribution in [2.24, 2.45) is 0 Å². The molecule has 0 spiro atoms.